The molecule has 4 heteroatoms. The lowest BCUT2D eigenvalue weighted by molar-refractivity contribution is 0.281. The van der Waals surface area contributed by atoms with Crippen LogP contribution < -0.4 is 10.5 Å². The summed E-state index contributed by atoms with van der Waals surface area (Å²) >= 11 is 0. The van der Waals surface area contributed by atoms with Crippen molar-refractivity contribution in [2.45, 2.75) is 6.61 Å². The Morgan fingerprint density at radius 2 is 1.88 bits per heavy atom. The fraction of sp³-hybridized carbons (Fsp3) is 0.0833. The highest BCUT2D eigenvalue weighted by atomic mass is 16.5. The van der Waals surface area contributed by atoms with E-state index in [1.807, 2.05) is 0 Å². The van der Waals surface area contributed by atoms with Gasteiger partial charge in [0.05, 0.1) is 6.61 Å². The Kier molecular flexibility index (Phi) is 3.03. The summed E-state index contributed by atoms with van der Waals surface area (Å²) in [5.74, 6) is 1.17. The third kappa shape index (κ3) is 2.49. The lowest BCUT2D eigenvalue weighted by Gasteiger charge is -2.05. The Bertz CT molecular complexity index is 451. The molecule has 0 aliphatic rings. The summed E-state index contributed by atoms with van der Waals surface area (Å²) in [6.07, 6.45) is 1.58. The number of rotatable bonds is 3. The number of benzene rings is 1. The fourth-order valence-electron chi connectivity index (χ4n) is 1.22. The van der Waals surface area contributed by atoms with Crippen LogP contribution in [0.2, 0.25) is 0 Å². The normalized spacial score (nSPS) is 10.1. The Balaban J connectivity index is 2.11. The Morgan fingerprint density at radius 1 is 1.12 bits per heavy atom. The zero-order valence-corrected chi connectivity index (χ0v) is 8.63. The molecule has 0 amide bonds. The number of aliphatic hydroxyl groups is 1. The molecule has 2 rings (SSSR count). The predicted molar refractivity (Wildman–Crippen MR) is 61.1 cm³/mol. The van der Waals surface area contributed by atoms with E-state index in [1.54, 1.807) is 42.6 Å². The molecule has 0 fully saturated rings. The SMILES string of the molecule is Nc1ccc(Oc2ccc(CO)cn2)cc1. The molecular weight excluding hydrogens is 204 g/mol. The van der Waals surface area contributed by atoms with Crippen LogP contribution in [0.4, 0.5) is 5.69 Å². The summed E-state index contributed by atoms with van der Waals surface area (Å²) in [5.41, 5.74) is 7.00. The summed E-state index contributed by atoms with van der Waals surface area (Å²) in [4.78, 5) is 4.05. The van der Waals surface area contributed by atoms with E-state index < -0.39 is 0 Å². The van der Waals surface area contributed by atoms with E-state index in [-0.39, 0.29) is 6.61 Å². The molecule has 2 aromatic rings. The summed E-state index contributed by atoms with van der Waals surface area (Å²) in [6.45, 7) is -0.0187. The number of anilines is 1. The lowest BCUT2D eigenvalue weighted by atomic mass is 10.3. The Hall–Kier alpha value is -2.07. The van der Waals surface area contributed by atoms with E-state index >= 15 is 0 Å². The molecule has 0 spiro atoms. The van der Waals surface area contributed by atoms with E-state index in [2.05, 4.69) is 4.98 Å². The standard InChI is InChI=1S/C12H12N2O2/c13-10-2-4-11(5-3-10)16-12-6-1-9(8-15)7-14-12/h1-7,15H,8,13H2. The van der Waals surface area contributed by atoms with Crippen LogP contribution in [-0.4, -0.2) is 10.1 Å². The van der Waals surface area contributed by atoms with Gasteiger partial charge in [0, 0.05) is 18.0 Å². The first kappa shape index (κ1) is 10.4. The molecule has 0 saturated heterocycles. The maximum atomic E-state index is 8.85. The van der Waals surface area contributed by atoms with Gasteiger partial charge in [-0.25, -0.2) is 4.98 Å². The van der Waals surface area contributed by atoms with Crippen LogP contribution >= 0.6 is 0 Å². The zero-order chi connectivity index (χ0) is 11.4. The van der Waals surface area contributed by atoms with Gasteiger partial charge in [0.1, 0.15) is 5.75 Å². The number of nitrogens with two attached hydrogens (primary N) is 1. The summed E-state index contributed by atoms with van der Waals surface area (Å²) in [5, 5.41) is 8.85. The van der Waals surface area contributed by atoms with Crippen molar-refractivity contribution < 1.29 is 9.84 Å². The number of aromatic nitrogens is 1. The van der Waals surface area contributed by atoms with Crippen molar-refractivity contribution in [2.75, 3.05) is 5.73 Å². The molecule has 4 nitrogen and oxygen atoms in total. The van der Waals surface area contributed by atoms with Gasteiger partial charge in [-0.1, -0.05) is 0 Å². The van der Waals surface area contributed by atoms with Crippen LogP contribution in [0.1, 0.15) is 5.56 Å². The largest absolute Gasteiger partial charge is 0.439 e. The maximum absolute atomic E-state index is 8.85. The molecule has 0 bridgehead atoms. The monoisotopic (exact) mass is 216 g/mol. The third-order valence-electron chi connectivity index (χ3n) is 2.08. The quantitative estimate of drug-likeness (QED) is 0.769. The minimum absolute atomic E-state index is 0.0187. The van der Waals surface area contributed by atoms with Crippen molar-refractivity contribution in [3.63, 3.8) is 0 Å². The van der Waals surface area contributed by atoms with Crippen LogP contribution in [0.5, 0.6) is 11.6 Å². The number of nitrogens with zero attached hydrogens (tertiary/aromatic N) is 1. The van der Waals surface area contributed by atoms with Gasteiger partial charge in [-0.05, 0) is 35.9 Å². The predicted octanol–water partition coefficient (Wildman–Crippen LogP) is 1.95. The van der Waals surface area contributed by atoms with Gasteiger partial charge in [-0.15, -0.1) is 0 Å². The number of ether oxygens (including phenoxy) is 1. The number of aliphatic hydroxyl groups excluding tert-OH is 1. The minimum Gasteiger partial charge on any atom is -0.439 e. The first-order valence-electron chi connectivity index (χ1n) is 4.87. The van der Waals surface area contributed by atoms with E-state index in [9.17, 15) is 0 Å². The van der Waals surface area contributed by atoms with Crippen molar-refractivity contribution in [1.29, 1.82) is 0 Å². The number of pyridine rings is 1. The highest BCUT2D eigenvalue weighted by molar-refractivity contribution is 5.42. The zero-order valence-electron chi connectivity index (χ0n) is 8.63. The molecule has 0 radical (unpaired) electrons. The van der Waals surface area contributed by atoms with Crippen LogP contribution in [0, 0.1) is 0 Å². The molecule has 1 aromatic heterocycles. The van der Waals surface area contributed by atoms with Crippen LogP contribution in [0.15, 0.2) is 42.6 Å². The number of hydrogen-bond donors (Lipinski definition) is 2. The number of nitrogen functional groups attached to an aromatic ring is 1. The fourth-order valence-corrected chi connectivity index (χ4v) is 1.22. The second-order valence-corrected chi connectivity index (χ2v) is 3.33. The van der Waals surface area contributed by atoms with Gasteiger partial charge < -0.3 is 15.6 Å². The maximum Gasteiger partial charge on any atom is 0.219 e. The summed E-state index contributed by atoms with van der Waals surface area (Å²) < 4.78 is 5.48. The van der Waals surface area contributed by atoms with Gasteiger partial charge in [0.25, 0.3) is 0 Å². The van der Waals surface area contributed by atoms with Crippen LogP contribution in [0.3, 0.4) is 0 Å². The van der Waals surface area contributed by atoms with Gasteiger partial charge in [-0.2, -0.15) is 0 Å². The molecule has 1 heterocycles. The molecule has 0 unspecified atom stereocenters. The van der Waals surface area contributed by atoms with Crippen LogP contribution in [-0.2, 0) is 6.61 Å². The van der Waals surface area contributed by atoms with E-state index in [0.29, 0.717) is 17.3 Å². The minimum atomic E-state index is -0.0187. The molecule has 0 aliphatic carbocycles. The van der Waals surface area contributed by atoms with Crippen molar-refractivity contribution in [3.05, 3.63) is 48.2 Å². The molecule has 1 aromatic carbocycles. The van der Waals surface area contributed by atoms with Crippen molar-refractivity contribution in [2.24, 2.45) is 0 Å². The van der Waals surface area contributed by atoms with Crippen LogP contribution in [0.25, 0.3) is 0 Å². The molecule has 0 saturated carbocycles. The smallest absolute Gasteiger partial charge is 0.219 e. The Morgan fingerprint density at radius 3 is 2.44 bits per heavy atom. The first-order chi connectivity index (χ1) is 7.78. The van der Waals surface area contributed by atoms with E-state index in [4.69, 9.17) is 15.6 Å². The second kappa shape index (κ2) is 4.63. The Labute approximate surface area is 93.3 Å². The average Bonchev–Trinajstić information content (AvgIpc) is 2.33. The molecule has 82 valence electrons. The van der Waals surface area contributed by atoms with Crippen molar-refractivity contribution in [3.8, 4) is 11.6 Å². The molecular formula is C12H12N2O2. The van der Waals surface area contributed by atoms with Gasteiger partial charge in [0.15, 0.2) is 0 Å². The van der Waals surface area contributed by atoms with E-state index in [1.165, 1.54) is 0 Å². The molecule has 0 aliphatic heterocycles. The van der Waals surface area contributed by atoms with Gasteiger partial charge >= 0.3 is 0 Å². The highest BCUT2D eigenvalue weighted by Crippen LogP contribution is 2.20. The van der Waals surface area contributed by atoms with E-state index in [0.717, 1.165) is 5.56 Å². The molecule has 3 N–H and O–H groups in total. The van der Waals surface area contributed by atoms with Crippen molar-refractivity contribution >= 4 is 5.69 Å². The molecule has 16 heavy (non-hydrogen) atoms. The van der Waals surface area contributed by atoms with Crippen molar-refractivity contribution in [1.82, 2.24) is 4.98 Å². The van der Waals surface area contributed by atoms with Gasteiger partial charge in [0.2, 0.25) is 5.88 Å². The molecule has 0 atom stereocenters. The average molecular weight is 216 g/mol. The first-order valence-corrected chi connectivity index (χ1v) is 4.87. The second-order valence-electron chi connectivity index (χ2n) is 3.33. The highest BCUT2D eigenvalue weighted by Gasteiger charge is 1.98. The topological polar surface area (TPSA) is 68.4 Å². The third-order valence-corrected chi connectivity index (χ3v) is 2.08. The van der Waals surface area contributed by atoms with Gasteiger partial charge in [-0.3, -0.25) is 0 Å². The lowest BCUT2D eigenvalue weighted by Crippen LogP contribution is -1.90. The number of hydrogen-bond acceptors (Lipinski definition) is 4. The summed E-state index contributed by atoms with van der Waals surface area (Å²) in [6, 6.07) is 10.5. The summed E-state index contributed by atoms with van der Waals surface area (Å²) in [7, 11) is 0.